The number of rotatable bonds is 3. The van der Waals surface area contributed by atoms with E-state index in [2.05, 4.69) is 10.6 Å². The number of nitrogens with zero attached hydrogens (tertiary/aromatic N) is 1. The summed E-state index contributed by atoms with van der Waals surface area (Å²) in [5, 5.41) is 14.9. The number of amides is 1. The van der Waals surface area contributed by atoms with Gasteiger partial charge in [0.25, 0.3) is 5.91 Å². The first kappa shape index (κ1) is 11.6. The van der Waals surface area contributed by atoms with Crippen LogP contribution < -0.4 is 10.6 Å². The predicted molar refractivity (Wildman–Crippen MR) is 64.5 cm³/mol. The maximum Gasteiger partial charge on any atom is 0.251 e. The van der Waals surface area contributed by atoms with Gasteiger partial charge in [0, 0.05) is 18.2 Å². The number of carbonyl (C=O) groups excluding carboxylic acids is 1. The van der Waals surface area contributed by atoms with E-state index in [1.54, 1.807) is 24.3 Å². The molecule has 0 aliphatic carbocycles. The Labute approximate surface area is 101 Å². The molecule has 2 rings (SSSR count). The molecule has 1 fully saturated rings. The molecule has 0 saturated carbocycles. The Kier molecular flexibility index (Phi) is 3.73. The number of nitrogens with one attached hydrogen (secondary N) is 2. The van der Waals surface area contributed by atoms with Crippen LogP contribution in [0.1, 0.15) is 28.8 Å². The summed E-state index contributed by atoms with van der Waals surface area (Å²) in [6.45, 7) is 1.70. The van der Waals surface area contributed by atoms with Crippen molar-refractivity contribution in [3.63, 3.8) is 0 Å². The van der Waals surface area contributed by atoms with Crippen molar-refractivity contribution in [2.24, 2.45) is 0 Å². The lowest BCUT2D eigenvalue weighted by molar-refractivity contribution is 0.0950. The van der Waals surface area contributed by atoms with Crippen LogP contribution in [0.25, 0.3) is 0 Å². The van der Waals surface area contributed by atoms with Gasteiger partial charge >= 0.3 is 0 Å². The smallest absolute Gasteiger partial charge is 0.251 e. The molecular formula is C13H15N3O. The summed E-state index contributed by atoms with van der Waals surface area (Å²) in [6, 6.07) is 9.09. The number of benzene rings is 1. The first-order chi connectivity index (χ1) is 8.29. The maximum absolute atomic E-state index is 11.8. The molecule has 1 aromatic carbocycles. The Hall–Kier alpha value is -1.86. The molecule has 2 N–H and O–H groups in total. The summed E-state index contributed by atoms with van der Waals surface area (Å²) in [4.78, 5) is 11.8. The molecule has 17 heavy (non-hydrogen) atoms. The average molecular weight is 229 g/mol. The standard InChI is InChI=1S/C13H15N3O/c14-8-10-3-5-11(6-4-10)13(17)16-9-12-2-1-7-15-12/h3-6,12,15H,1-2,7,9H2,(H,16,17). The number of hydrogen-bond acceptors (Lipinski definition) is 3. The summed E-state index contributed by atoms with van der Waals surface area (Å²) in [5.74, 6) is -0.0804. The highest BCUT2D eigenvalue weighted by Crippen LogP contribution is 2.05. The number of carbonyl (C=O) groups is 1. The number of hydrogen-bond donors (Lipinski definition) is 2. The van der Waals surface area contributed by atoms with Crippen LogP contribution in [-0.4, -0.2) is 25.0 Å². The second-order valence-corrected chi connectivity index (χ2v) is 4.19. The zero-order valence-electron chi connectivity index (χ0n) is 9.57. The molecule has 0 aromatic heterocycles. The lowest BCUT2D eigenvalue weighted by atomic mass is 10.1. The van der Waals surface area contributed by atoms with Gasteiger partial charge in [0.1, 0.15) is 0 Å². The summed E-state index contributed by atoms with van der Waals surface area (Å²) in [5.41, 5.74) is 1.17. The zero-order chi connectivity index (χ0) is 12.1. The molecule has 1 atom stereocenters. The van der Waals surface area contributed by atoms with Crippen LogP contribution in [0.5, 0.6) is 0 Å². The zero-order valence-corrected chi connectivity index (χ0v) is 9.57. The van der Waals surface area contributed by atoms with Gasteiger partial charge in [-0.05, 0) is 43.7 Å². The molecule has 88 valence electrons. The first-order valence-corrected chi connectivity index (χ1v) is 5.81. The Morgan fingerprint density at radius 2 is 2.24 bits per heavy atom. The Balaban J connectivity index is 1.88. The molecule has 4 nitrogen and oxygen atoms in total. The van der Waals surface area contributed by atoms with Crippen LogP contribution in [0, 0.1) is 11.3 Å². The Morgan fingerprint density at radius 1 is 1.47 bits per heavy atom. The fourth-order valence-electron chi connectivity index (χ4n) is 1.95. The van der Waals surface area contributed by atoms with E-state index in [9.17, 15) is 4.79 Å². The van der Waals surface area contributed by atoms with E-state index in [0.717, 1.165) is 13.0 Å². The third kappa shape index (κ3) is 3.05. The summed E-state index contributed by atoms with van der Waals surface area (Å²) < 4.78 is 0. The van der Waals surface area contributed by atoms with Gasteiger partial charge in [-0.1, -0.05) is 0 Å². The Morgan fingerprint density at radius 3 is 2.82 bits per heavy atom. The van der Waals surface area contributed by atoms with Crippen LogP contribution in [0.2, 0.25) is 0 Å². The molecular weight excluding hydrogens is 214 g/mol. The van der Waals surface area contributed by atoms with Crippen LogP contribution in [0.3, 0.4) is 0 Å². The molecule has 0 bridgehead atoms. The normalized spacial score (nSPS) is 18.6. The van der Waals surface area contributed by atoms with Crippen LogP contribution in [0.15, 0.2) is 24.3 Å². The molecule has 1 unspecified atom stereocenters. The average Bonchev–Trinajstić information content (AvgIpc) is 2.89. The quantitative estimate of drug-likeness (QED) is 0.814. The van der Waals surface area contributed by atoms with E-state index < -0.39 is 0 Å². The van der Waals surface area contributed by atoms with Crippen LogP contribution in [0.4, 0.5) is 0 Å². The van der Waals surface area contributed by atoms with Gasteiger partial charge in [-0.25, -0.2) is 0 Å². The molecule has 1 aromatic rings. The fourth-order valence-corrected chi connectivity index (χ4v) is 1.95. The molecule has 1 aliphatic heterocycles. The monoisotopic (exact) mass is 229 g/mol. The number of nitriles is 1. The highest BCUT2D eigenvalue weighted by atomic mass is 16.1. The van der Waals surface area contributed by atoms with Crippen LogP contribution in [-0.2, 0) is 0 Å². The summed E-state index contributed by atoms with van der Waals surface area (Å²) >= 11 is 0. The highest BCUT2D eigenvalue weighted by molar-refractivity contribution is 5.94. The predicted octanol–water partition coefficient (Wildman–Crippen LogP) is 1.04. The van der Waals surface area contributed by atoms with Gasteiger partial charge in [-0.2, -0.15) is 5.26 Å². The van der Waals surface area contributed by atoms with Crippen molar-refractivity contribution in [1.82, 2.24) is 10.6 Å². The lowest BCUT2D eigenvalue weighted by Crippen LogP contribution is -2.37. The van der Waals surface area contributed by atoms with Crippen molar-refractivity contribution in [3.05, 3.63) is 35.4 Å². The van der Waals surface area contributed by atoms with Crippen molar-refractivity contribution >= 4 is 5.91 Å². The third-order valence-corrected chi connectivity index (χ3v) is 2.95. The van der Waals surface area contributed by atoms with Crippen molar-refractivity contribution in [3.8, 4) is 6.07 Å². The van der Waals surface area contributed by atoms with Crippen molar-refractivity contribution in [2.75, 3.05) is 13.1 Å². The van der Waals surface area contributed by atoms with E-state index in [0.29, 0.717) is 23.7 Å². The van der Waals surface area contributed by atoms with Gasteiger partial charge in [-0.15, -0.1) is 0 Å². The van der Waals surface area contributed by atoms with Crippen molar-refractivity contribution in [2.45, 2.75) is 18.9 Å². The molecule has 1 aliphatic rings. The molecule has 4 heteroatoms. The van der Waals surface area contributed by atoms with Gasteiger partial charge in [0.2, 0.25) is 0 Å². The lowest BCUT2D eigenvalue weighted by Gasteiger charge is -2.11. The largest absolute Gasteiger partial charge is 0.350 e. The molecule has 1 heterocycles. The minimum atomic E-state index is -0.0804. The summed E-state index contributed by atoms with van der Waals surface area (Å²) in [7, 11) is 0. The van der Waals surface area contributed by atoms with Gasteiger partial charge in [0.05, 0.1) is 11.6 Å². The molecule has 0 radical (unpaired) electrons. The van der Waals surface area contributed by atoms with E-state index in [1.807, 2.05) is 6.07 Å². The van der Waals surface area contributed by atoms with Gasteiger partial charge in [0.15, 0.2) is 0 Å². The third-order valence-electron chi connectivity index (χ3n) is 2.95. The maximum atomic E-state index is 11.8. The second-order valence-electron chi connectivity index (χ2n) is 4.19. The molecule has 0 spiro atoms. The van der Waals surface area contributed by atoms with Crippen LogP contribution >= 0.6 is 0 Å². The minimum absolute atomic E-state index is 0.0804. The van der Waals surface area contributed by atoms with Gasteiger partial charge < -0.3 is 10.6 Å². The SMILES string of the molecule is N#Cc1ccc(C(=O)NCC2CCCN2)cc1. The molecule has 1 saturated heterocycles. The minimum Gasteiger partial charge on any atom is -0.350 e. The van der Waals surface area contributed by atoms with E-state index >= 15 is 0 Å². The first-order valence-electron chi connectivity index (χ1n) is 5.81. The highest BCUT2D eigenvalue weighted by Gasteiger charge is 2.15. The summed E-state index contributed by atoms with van der Waals surface area (Å²) in [6.07, 6.45) is 2.30. The van der Waals surface area contributed by atoms with Crippen molar-refractivity contribution < 1.29 is 4.79 Å². The van der Waals surface area contributed by atoms with Crippen molar-refractivity contribution in [1.29, 1.82) is 5.26 Å². The Bertz CT molecular complexity index is 427. The van der Waals surface area contributed by atoms with Gasteiger partial charge in [-0.3, -0.25) is 4.79 Å². The topological polar surface area (TPSA) is 64.9 Å². The van der Waals surface area contributed by atoms with E-state index in [-0.39, 0.29) is 5.91 Å². The fraction of sp³-hybridized carbons (Fsp3) is 0.385. The molecule has 1 amide bonds. The second kappa shape index (κ2) is 5.46. The van der Waals surface area contributed by atoms with E-state index in [4.69, 9.17) is 5.26 Å². The van der Waals surface area contributed by atoms with E-state index in [1.165, 1.54) is 6.42 Å².